The summed E-state index contributed by atoms with van der Waals surface area (Å²) < 4.78 is 62.7. The number of carbonyl (C=O) groups excluding carboxylic acids is 3. The average Bonchev–Trinajstić information content (AvgIpc) is 1.81. The first kappa shape index (κ1) is 90.8. The molecule has 12 N–H and O–H groups in total. The third-order valence-electron chi connectivity index (χ3n) is 19.0. The number of aromatic nitrogens is 7. The van der Waals surface area contributed by atoms with Gasteiger partial charge in [-0.2, -0.15) is 9.97 Å². The van der Waals surface area contributed by atoms with Crippen molar-refractivity contribution in [3.63, 3.8) is 0 Å². The van der Waals surface area contributed by atoms with Crippen molar-refractivity contribution in [3.05, 3.63) is 237 Å². The monoisotopic (exact) mass is 1730 g/mol. The van der Waals surface area contributed by atoms with E-state index in [1.165, 1.54) is 44.5 Å². The number of pyridine rings is 3. The number of carboxylic acid groups (broad SMARTS) is 3. The number of aliphatic carboxylic acids is 3. The largest absolute Gasteiger partial charge is 0.482 e. The zero-order chi connectivity index (χ0) is 87.6. The van der Waals surface area contributed by atoms with E-state index < -0.39 is 59.8 Å². The second kappa shape index (κ2) is 43.0. The molecule has 123 heavy (non-hydrogen) atoms. The lowest BCUT2D eigenvalue weighted by Gasteiger charge is -2.35. The predicted octanol–water partition coefficient (Wildman–Crippen LogP) is 6.76. The van der Waals surface area contributed by atoms with E-state index >= 15 is 0 Å². The minimum atomic E-state index is -4.07. The molecule has 5 aromatic carbocycles. The molecule has 1 saturated heterocycles. The van der Waals surface area contributed by atoms with Gasteiger partial charge in [0.25, 0.3) is 5.91 Å². The summed E-state index contributed by atoms with van der Waals surface area (Å²) in [7, 11) is -12.1. The van der Waals surface area contributed by atoms with Crippen molar-refractivity contribution in [2.24, 2.45) is 0 Å². The Morgan fingerprint density at radius 3 is 1.38 bits per heavy atom. The van der Waals surface area contributed by atoms with E-state index in [0.717, 1.165) is 16.7 Å². The van der Waals surface area contributed by atoms with Gasteiger partial charge in [-0.15, -0.1) is 0 Å². The fourth-order valence-electron chi connectivity index (χ4n) is 12.8. The van der Waals surface area contributed by atoms with Crippen LogP contribution in [0.25, 0.3) is 11.2 Å². The smallest absolute Gasteiger partial charge is 0.341 e. The van der Waals surface area contributed by atoms with Gasteiger partial charge in [-0.25, -0.2) is 34.3 Å². The Morgan fingerprint density at radius 2 is 0.902 bits per heavy atom. The number of amides is 3. The van der Waals surface area contributed by atoms with Crippen molar-refractivity contribution in [2.45, 2.75) is 83.9 Å². The topological polar surface area (TPSA) is 477 Å². The van der Waals surface area contributed by atoms with Gasteiger partial charge in [0.05, 0.1) is 23.4 Å². The maximum absolute atomic E-state index is 13.7. The molecule has 1 aliphatic heterocycles. The molecule has 3 amide bonds. The number of nitrogens with two attached hydrogens (primary N) is 1. The van der Waals surface area contributed by atoms with Crippen molar-refractivity contribution >= 4 is 91.2 Å². The molecule has 1 fully saturated rings. The minimum absolute atomic E-state index is 0.0518. The van der Waals surface area contributed by atoms with Crippen molar-refractivity contribution in [2.75, 3.05) is 84.8 Å². The summed E-state index contributed by atoms with van der Waals surface area (Å²) in [4.78, 5) is 143. The van der Waals surface area contributed by atoms with E-state index in [0.29, 0.717) is 136 Å². The molecular formula is C87H91N14O19P3. The van der Waals surface area contributed by atoms with Crippen molar-refractivity contribution in [3.8, 4) is 58.7 Å². The highest BCUT2D eigenvalue weighted by Crippen LogP contribution is 2.36. The van der Waals surface area contributed by atoms with E-state index in [2.05, 4.69) is 86.1 Å². The van der Waals surface area contributed by atoms with E-state index in [4.69, 9.17) is 55.0 Å². The van der Waals surface area contributed by atoms with Crippen LogP contribution >= 0.6 is 22.1 Å². The Kier molecular flexibility index (Phi) is 31.8. The molecule has 0 spiro atoms. The number of anilines is 1. The van der Waals surface area contributed by atoms with Gasteiger partial charge in [0, 0.05) is 150 Å². The minimum Gasteiger partial charge on any atom is -0.482 e. The lowest BCUT2D eigenvalue weighted by atomic mass is 10.1. The highest BCUT2D eigenvalue weighted by molar-refractivity contribution is 7.65. The molecular weight excluding hydrogens is 1640 g/mol. The molecule has 0 aliphatic carbocycles. The summed E-state index contributed by atoms with van der Waals surface area (Å²) in [6.45, 7) is 4.85. The number of nitrogen functional groups attached to an aromatic ring is 1. The summed E-state index contributed by atoms with van der Waals surface area (Å²) in [6, 6.07) is 42.9. The Bertz CT molecular complexity index is 5810. The maximum Gasteiger partial charge on any atom is 0.341 e. The third kappa shape index (κ3) is 29.4. The number of hydrogen-bond acceptors (Lipinski definition) is 23. The molecule has 0 radical (unpaired) electrons. The number of nitrogens with one attached hydrogen (secondary N) is 4. The summed E-state index contributed by atoms with van der Waals surface area (Å²) in [5.74, 6) is 15.6. The molecule has 10 aromatic rings. The van der Waals surface area contributed by atoms with E-state index in [9.17, 15) is 57.1 Å². The lowest BCUT2D eigenvalue weighted by molar-refractivity contribution is -0.140. The Morgan fingerprint density at radius 1 is 0.480 bits per heavy atom. The van der Waals surface area contributed by atoms with Gasteiger partial charge < -0.3 is 75.6 Å². The first-order valence-electron chi connectivity index (χ1n) is 38.9. The van der Waals surface area contributed by atoms with E-state index in [1.54, 1.807) is 115 Å². The molecule has 6 heterocycles. The molecule has 1 aliphatic rings. The van der Waals surface area contributed by atoms with Gasteiger partial charge in [-0.3, -0.25) is 42.8 Å². The number of hydrogen-bond donors (Lipinski definition) is 11. The van der Waals surface area contributed by atoms with Crippen LogP contribution in [0.4, 0.5) is 5.95 Å². The Balaban J connectivity index is 0.795. The van der Waals surface area contributed by atoms with Crippen LogP contribution in [0.2, 0.25) is 0 Å². The number of H-pyrrole nitrogens is 1. The second-order valence-corrected chi connectivity index (χ2v) is 35.9. The van der Waals surface area contributed by atoms with Crippen LogP contribution in [-0.2, 0) is 77.0 Å². The molecule has 11 rings (SSSR count). The number of ether oxygens (including phenoxy) is 4. The normalized spacial score (nSPS) is 14.5. The first-order chi connectivity index (χ1) is 58.8. The number of aromatic amines is 1. The third-order valence-corrected chi connectivity index (χ3v) is 22.3. The molecule has 3 unspecified atom stereocenters. The lowest BCUT2D eigenvalue weighted by Crippen LogP contribution is -2.45. The fourth-order valence-corrected chi connectivity index (χ4v) is 14.9. The average molecular weight is 1730 g/mol. The number of rotatable bonds is 35. The zero-order valence-electron chi connectivity index (χ0n) is 67.4. The van der Waals surface area contributed by atoms with Crippen molar-refractivity contribution < 1.29 is 91.4 Å². The van der Waals surface area contributed by atoms with E-state index in [1.807, 2.05) is 24.3 Å². The Labute approximate surface area is 708 Å². The van der Waals surface area contributed by atoms with Gasteiger partial charge in [-0.1, -0.05) is 78.3 Å². The first-order valence-corrected chi connectivity index (χ1v) is 45.3. The quantitative estimate of drug-likeness (QED) is 0.0111. The van der Waals surface area contributed by atoms with Crippen LogP contribution in [-0.4, -0.2) is 200 Å². The molecule has 36 heteroatoms. The van der Waals surface area contributed by atoms with E-state index in [-0.39, 0.29) is 117 Å². The Hall–Kier alpha value is -13.0. The zero-order valence-corrected chi connectivity index (χ0v) is 70.1. The van der Waals surface area contributed by atoms with Crippen LogP contribution in [0.1, 0.15) is 116 Å². The highest BCUT2D eigenvalue weighted by Gasteiger charge is 2.30. The van der Waals surface area contributed by atoms with Gasteiger partial charge in [-0.05, 0) is 157 Å². The number of fused-ring (bicyclic) bond motifs is 1. The summed E-state index contributed by atoms with van der Waals surface area (Å²) in [5, 5.41) is 36.2. The predicted molar refractivity (Wildman–Crippen MR) is 457 cm³/mol. The summed E-state index contributed by atoms with van der Waals surface area (Å²) in [5.41, 5.74) is 13.2. The van der Waals surface area contributed by atoms with Crippen LogP contribution < -0.4 is 56.9 Å². The van der Waals surface area contributed by atoms with Gasteiger partial charge >= 0.3 is 17.9 Å². The molecule has 638 valence electrons. The van der Waals surface area contributed by atoms with Crippen LogP contribution in [0.5, 0.6) is 23.1 Å². The highest BCUT2D eigenvalue weighted by atomic mass is 31.2. The SMILES string of the molecule is CP(=O)(O)c1cc(C#Cc2ccc(OCC(=O)O)cc2)cc(CN2CCN(Cc3cc(C#Cc4ccc(OCC(=O)O)cc4)cc(P(C)(=O)O)n3)C[C@H](CCCCNC(=O)CCCC(=O)NCc3ccc(C(=O)NCc4ccc(COc5nc(N)nc6[nH]cnc56)cc4)cc3)N(Cc3cc(C#Cc4ccc(OCC(=O)O)cc4)cc(P(C)(=O)O)n3)CC2)n1. The molecule has 33 nitrogen and oxygen atoms in total. The van der Waals surface area contributed by atoms with Crippen LogP contribution in [0.3, 0.4) is 0 Å². The summed E-state index contributed by atoms with van der Waals surface area (Å²) >= 11 is 0. The number of carboxylic acids is 3. The number of unbranched alkanes of at least 4 members (excludes halogenated alkanes) is 1. The molecule has 0 bridgehead atoms. The van der Waals surface area contributed by atoms with Crippen molar-refractivity contribution in [1.82, 2.24) is 65.5 Å². The van der Waals surface area contributed by atoms with Gasteiger partial charge in [0.1, 0.15) is 40.2 Å². The number of carbonyl (C=O) groups is 6. The number of nitrogens with zero attached hydrogens (tertiary/aromatic N) is 9. The standard InChI is InChI=1S/C87H91N14O19P3/c1-121(111,112)77-44-64(17-10-58-22-30-72(31-23-58)117-54-80(104)105)41-68(94-77)49-99-37-38-100(50-69-42-65(45-78(95-69)122(2,113)114)18-11-59-24-32-73(33-25-59)118-55-81(106)107)52-71(101(40-39-99)51-70-43-66(46-79(96-70)123(3,115)116)19-12-60-26-34-74(35-27-60)119-56-82(108)109)7-4-5-36-89-75(102)8-6-9-76(103)90-47-62-20-28-67(29-21-62)85(110)91-48-61-13-15-63(16-14-61)53-120-86-83-84(93-57-92-83)97-87(88)98-86/h13-16,20-35,41-46,57,71H,4-9,36-40,47-56H2,1-3H3,(H,89,102)(H,90,103)(H,91,110)(H,104,105)(H,106,107)(H,108,109)(H,111,112)(H,113,114)(H,115,116)(H3,88,92,93,97,98)/t71-/m0/s1. The number of benzene rings is 5. The maximum atomic E-state index is 13.7. The van der Waals surface area contributed by atoms with Gasteiger partial charge in [0.2, 0.25) is 45.7 Å². The van der Waals surface area contributed by atoms with Crippen molar-refractivity contribution in [1.29, 1.82) is 0 Å². The molecule has 0 saturated carbocycles. The van der Waals surface area contributed by atoms with Crippen LogP contribution in [0, 0.1) is 35.5 Å². The van der Waals surface area contributed by atoms with Gasteiger partial charge in [0.15, 0.2) is 31.0 Å². The fraction of sp³-hybridized carbons (Fsp3) is 0.287. The molecule has 5 aromatic heterocycles. The molecule has 4 atom stereocenters. The summed E-state index contributed by atoms with van der Waals surface area (Å²) in [6.07, 6.45) is 3.45. The number of imidazole rings is 1. The van der Waals surface area contributed by atoms with Crippen LogP contribution in [0.15, 0.2) is 164 Å². The second-order valence-electron chi connectivity index (χ2n) is 29.2.